The molecular formula is C13H18O2. The van der Waals surface area contributed by atoms with Crippen molar-refractivity contribution in [1.29, 1.82) is 0 Å². The minimum absolute atomic E-state index is 0.0770. The van der Waals surface area contributed by atoms with Crippen LogP contribution in [-0.4, -0.2) is 18.3 Å². The summed E-state index contributed by atoms with van der Waals surface area (Å²) in [5.41, 5.74) is 1.39. The van der Waals surface area contributed by atoms with Gasteiger partial charge in [0.15, 0.2) is 0 Å². The Morgan fingerprint density at radius 2 is 2.07 bits per heavy atom. The fraction of sp³-hybridized carbons (Fsp3) is 0.538. The average molecular weight is 206 g/mol. The third-order valence-electron chi connectivity index (χ3n) is 3.04. The maximum Gasteiger partial charge on any atom is 0.119 e. The van der Waals surface area contributed by atoms with Crippen molar-refractivity contribution >= 4 is 0 Å². The molecule has 15 heavy (non-hydrogen) atoms. The molecule has 0 bridgehead atoms. The van der Waals surface area contributed by atoms with Crippen LogP contribution in [0.4, 0.5) is 0 Å². The quantitative estimate of drug-likeness (QED) is 0.820. The van der Waals surface area contributed by atoms with Gasteiger partial charge in [0.25, 0.3) is 0 Å². The van der Waals surface area contributed by atoms with Crippen LogP contribution in [-0.2, 0) is 0 Å². The van der Waals surface area contributed by atoms with Gasteiger partial charge in [0.1, 0.15) is 12.4 Å². The Hall–Kier alpha value is -1.02. The van der Waals surface area contributed by atoms with Gasteiger partial charge >= 0.3 is 0 Å². The van der Waals surface area contributed by atoms with E-state index in [1.165, 1.54) is 31.2 Å². The topological polar surface area (TPSA) is 29.5 Å². The third-order valence-corrected chi connectivity index (χ3v) is 3.04. The molecule has 0 unspecified atom stereocenters. The fourth-order valence-corrected chi connectivity index (χ4v) is 2.28. The van der Waals surface area contributed by atoms with Crippen LogP contribution in [0, 0.1) is 0 Å². The van der Waals surface area contributed by atoms with Gasteiger partial charge < -0.3 is 9.84 Å². The number of ether oxygens (including phenoxy) is 1. The Bertz CT molecular complexity index is 303. The van der Waals surface area contributed by atoms with Crippen LogP contribution in [0.3, 0.4) is 0 Å². The number of hydrogen-bond acceptors (Lipinski definition) is 2. The molecule has 0 atom stereocenters. The molecule has 1 aromatic rings. The molecule has 0 aromatic heterocycles. The van der Waals surface area contributed by atoms with Crippen molar-refractivity contribution in [3.8, 4) is 5.75 Å². The number of aliphatic hydroxyl groups is 1. The molecule has 0 aliphatic heterocycles. The number of hydrogen-bond donors (Lipinski definition) is 1. The molecule has 0 amide bonds. The zero-order chi connectivity index (χ0) is 10.5. The second-order valence-corrected chi connectivity index (χ2v) is 4.13. The lowest BCUT2D eigenvalue weighted by Crippen LogP contribution is -2.02. The van der Waals surface area contributed by atoms with E-state index in [1.807, 2.05) is 12.1 Å². The predicted molar refractivity (Wildman–Crippen MR) is 60.2 cm³/mol. The second-order valence-electron chi connectivity index (χ2n) is 4.13. The predicted octanol–water partition coefficient (Wildman–Crippen LogP) is 2.72. The van der Waals surface area contributed by atoms with Crippen molar-refractivity contribution in [1.82, 2.24) is 0 Å². The molecule has 0 heterocycles. The highest BCUT2D eigenvalue weighted by Gasteiger charge is 2.17. The summed E-state index contributed by atoms with van der Waals surface area (Å²) in [6.45, 7) is 0.460. The van der Waals surface area contributed by atoms with Gasteiger partial charge in [-0.05, 0) is 36.5 Å². The number of aliphatic hydroxyl groups excluding tert-OH is 1. The molecule has 0 saturated heterocycles. The molecule has 2 heteroatoms. The van der Waals surface area contributed by atoms with Crippen molar-refractivity contribution in [2.75, 3.05) is 13.2 Å². The first kappa shape index (κ1) is 10.5. The van der Waals surface area contributed by atoms with E-state index in [2.05, 4.69) is 12.1 Å². The summed E-state index contributed by atoms with van der Waals surface area (Å²) in [6.07, 6.45) is 5.33. The smallest absolute Gasteiger partial charge is 0.119 e. The summed E-state index contributed by atoms with van der Waals surface area (Å²) in [5, 5.41) is 8.68. The Kier molecular flexibility index (Phi) is 3.62. The van der Waals surface area contributed by atoms with E-state index in [0.29, 0.717) is 6.61 Å². The minimum atomic E-state index is 0.0770. The molecule has 1 aliphatic carbocycles. The van der Waals surface area contributed by atoms with E-state index < -0.39 is 0 Å². The summed E-state index contributed by atoms with van der Waals surface area (Å²) < 4.78 is 5.41. The zero-order valence-corrected chi connectivity index (χ0v) is 8.98. The van der Waals surface area contributed by atoms with E-state index >= 15 is 0 Å². The molecule has 1 saturated carbocycles. The van der Waals surface area contributed by atoms with Crippen LogP contribution in [0.25, 0.3) is 0 Å². The summed E-state index contributed by atoms with van der Waals surface area (Å²) in [5.74, 6) is 1.61. The van der Waals surface area contributed by atoms with Crippen molar-refractivity contribution in [2.45, 2.75) is 31.6 Å². The monoisotopic (exact) mass is 206 g/mol. The van der Waals surface area contributed by atoms with Crippen LogP contribution < -0.4 is 4.74 Å². The zero-order valence-electron chi connectivity index (χ0n) is 8.98. The summed E-state index contributed by atoms with van der Waals surface area (Å²) >= 11 is 0. The van der Waals surface area contributed by atoms with Gasteiger partial charge in [-0.25, -0.2) is 0 Å². The Labute approximate surface area is 90.9 Å². The van der Waals surface area contributed by atoms with E-state index in [-0.39, 0.29) is 6.61 Å². The first-order chi connectivity index (χ1) is 7.40. The Morgan fingerprint density at radius 3 is 2.80 bits per heavy atom. The van der Waals surface area contributed by atoms with Crippen molar-refractivity contribution in [3.05, 3.63) is 29.8 Å². The van der Waals surface area contributed by atoms with E-state index in [1.54, 1.807) is 0 Å². The van der Waals surface area contributed by atoms with Gasteiger partial charge in [-0.15, -0.1) is 0 Å². The van der Waals surface area contributed by atoms with E-state index in [9.17, 15) is 0 Å². The minimum Gasteiger partial charge on any atom is -0.491 e. The molecule has 2 nitrogen and oxygen atoms in total. The molecular weight excluding hydrogens is 188 g/mol. The molecule has 82 valence electrons. The molecule has 0 radical (unpaired) electrons. The van der Waals surface area contributed by atoms with Gasteiger partial charge in [-0.1, -0.05) is 25.0 Å². The third kappa shape index (κ3) is 2.72. The maximum atomic E-state index is 8.68. The lowest BCUT2D eigenvalue weighted by molar-refractivity contribution is 0.201. The molecule has 0 spiro atoms. The van der Waals surface area contributed by atoms with Crippen LogP contribution in [0.1, 0.15) is 37.2 Å². The largest absolute Gasteiger partial charge is 0.491 e. The van der Waals surface area contributed by atoms with Gasteiger partial charge in [0.05, 0.1) is 6.61 Å². The van der Waals surface area contributed by atoms with Crippen LogP contribution in [0.15, 0.2) is 24.3 Å². The first-order valence-electron chi connectivity index (χ1n) is 5.74. The van der Waals surface area contributed by atoms with Gasteiger partial charge in [0, 0.05) is 0 Å². The lowest BCUT2D eigenvalue weighted by Gasteiger charge is -2.11. The standard InChI is InChI=1S/C13H18O2/c14-8-9-15-13-7-3-6-12(10-13)11-4-1-2-5-11/h3,6-7,10-11,14H,1-2,4-5,8-9H2. The van der Waals surface area contributed by atoms with Crippen molar-refractivity contribution in [2.24, 2.45) is 0 Å². The maximum absolute atomic E-state index is 8.68. The average Bonchev–Trinajstić information content (AvgIpc) is 2.80. The number of benzene rings is 1. The SMILES string of the molecule is OCCOc1cccc(C2CCCC2)c1. The molecule has 1 N–H and O–H groups in total. The summed E-state index contributed by atoms with van der Waals surface area (Å²) in [7, 11) is 0. The summed E-state index contributed by atoms with van der Waals surface area (Å²) in [6, 6.07) is 8.29. The first-order valence-corrected chi connectivity index (χ1v) is 5.74. The van der Waals surface area contributed by atoms with Crippen molar-refractivity contribution < 1.29 is 9.84 Å². The Balaban J connectivity index is 2.04. The second kappa shape index (κ2) is 5.17. The highest BCUT2D eigenvalue weighted by Crippen LogP contribution is 2.35. The molecule has 1 fully saturated rings. The van der Waals surface area contributed by atoms with Crippen LogP contribution in [0.5, 0.6) is 5.75 Å². The molecule has 1 aromatic carbocycles. The highest BCUT2D eigenvalue weighted by atomic mass is 16.5. The van der Waals surface area contributed by atoms with Gasteiger partial charge in [-0.2, -0.15) is 0 Å². The normalized spacial score (nSPS) is 16.9. The van der Waals surface area contributed by atoms with Gasteiger partial charge in [-0.3, -0.25) is 0 Å². The summed E-state index contributed by atoms with van der Waals surface area (Å²) in [4.78, 5) is 0. The molecule has 2 rings (SSSR count). The molecule has 1 aliphatic rings. The Morgan fingerprint density at radius 1 is 1.27 bits per heavy atom. The highest BCUT2D eigenvalue weighted by molar-refractivity contribution is 5.31. The van der Waals surface area contributed by atoms with Gasteiger partial charge in [0.2, 0.25) is 0 Å². The van der Waals surface area contributed by atoms with E-state index in [4.69, 9.17) is 9.84 Å². The fourth-order valence-electron chi connectivity index (χ4n) is 2.28. The number of rotatable bonds is 4. The van der Waals surface area contributed by atoms with Crippen LogP contribution in [0.2, 0.25) is 0 Å². The van der Waals surface area contributed by atoms with Crippen LogP contribution >= 0.6 is 0 Å². The van der Waals surface area contributed by atoms with Crippen molar-refractivity contribution in [3.63, 3.8) is 0 Å². The lowest BCUT2D eigenvalue weighted by atomic mass is 9.98. The van der Waals surface area contributed by atoms with E-state index in [0.717, 1.165) is 11.7 Å².